The summed E-state index contributed by atoms with van der Waals surface area (Å²) in [6, 6.07) is 1.89. The Labute approximate surface area is 156 Å². The highest BCUT2D eigenvalue weighted by Gasteiger charge is 2.51. The number of hydrogen-bond acceptors (Lipinski definition) is 5. The van der Waals surface area contributed by atoms with Crippen LogP contribution in [0.3, 0.4) is 0 Å². The molecule has 1 heterocycles. The van der Waals surface area contributed by atoms with Crippen molar-refractivity contribution in [3.05, 3.63) is 33.4 Å². The molecule has 15 heteroatoms. The lowest BCUT2D eigenvalue weighted by atomic mass is 10.2. The highest BCUT2D eigenvalue weighted by Crippen LogP contribution is 2.41. The smallest absolute Gasteiger partial charge is 0.382 e. The van der Waals surface area contributed by atoms with Crippen LogP contribution in [0.2, 0.25) is 10.0 Å². The molecule has 0 aliphatic carbocycles. The number of benzene rings is 1. The first-order valence-electron chi connectivity index (χ1n) is 6.29. The average Bonchev–Trinajstić information content (AvgIpc) is 2.81. The van der Waals surface area contributed by atoms with E-state index in [9.17, 15) is 34.8 Å². The van der Waals surface area contributed by atoms with Crippen LogP contribution in [-0.2, 0) is 16.0 Å². The Kier molecular flexibility index (Phi) is 5.06. The first-order chi connectivity index (χ1) is 12.1. The number of nitriles is 1. The lowest BCUT2D eigenvalue weighted by Crippen LogP contribution is -2.24. The van der Waals surface area contributed by atoms with Gasteiger partial charge in [-0.2, -0.15) is 36.7 Å². The minimum absolute atomic E-state index is 0.252. The summed E-state index contributed by atoms with van der Waals surface area (Å²) >= 11 is 11.4. The fraction of sp³-hybridized carbons (Fsp3) is 0.167. The van der Waals surface area contributed by atoms with Gasteiger partial charge in [-0.25, -0.2) is 13.1 Å². The van der Waals surface area contributed by atoms with Crippen molar-refractivity contribution in [2.24, 2.45) is 0 Å². The Morgan fingerprint density at radius 2 is 1.59 bits per heavy atom. The second kappa shape index (κ2) is 6.47. The van der Waals surface area contributed by atoms with Gasteiger partial charge < -0.3 is 5.73 Å². The minimum Gasteiger partial charge on any atom is -0.382 e. The number of nitrogens with zero attached hydrogens (tertiary/aromatic N) is 3. The summed E-state index contributed by atoms with van der Waals surface area (Å²) in [4.78, 5) is -1.66. The third kappa shape index (κ3) is 3.52. The van der Waals surface area contributed by atoms with E-state index in [0.717, 1.165) is 6.07 Å². The highest BCUT2D eigenvalue weighted by molar-refractivity contribution is 7.92. The van der Waals surface area contributed by atoms with E-state index in [-0.39, 0.29) is 4.68 Å². The van der Waals surface area contributed by atoms with Crippen molar-refractivity contribution in [3.8, 4) is 11.8 Å². The van der Waals surface area contributed by atoms with E-state index >= 15 is 0 Å². The zero-order valence-electron chi connectivity index (χ0n) is 12.3. The normalized spacial score (nSPS) is 12.9. The molecule has 2 aromatic rings. The average molecular weight is 459 g/mol. The van der Waals surface area contributed by atoms with Gasteiger partial charge in [0.2, 0.25) is 0 Å². The topological polar surface area (TPSA) is 102 Å². The fourth-order valence-electron chi connectivity index (χ4n) is 1.97. The second-order valence-corrected chi connectivity index (χ2v) is 7.51. The van der Waals surface area contributed by atoms with Crippen LogP contribution in [0.15, 0.2) is 17.0 Å². The molecule has 0 saturated carbocycles. The van der Waals surface area contributed by atoms with Gasteiger partial charge in [-0.1, -0.05) is 23.2 Å². The molecule has 146 valence electrons. The maximum atomic E-state index is 12.8. The summed E-state index contributed by atoms with van der Waals surface area (Å²) in [5.74, 6) is -1.20. The number of rotatable bonds is 2. The Morgan fingerprint density at radius 1 is 1.11 bits per heavy atom. The Morgan fingerprint density at radius 3 is 1.96 bits per heavy atom. The van der Waals surface area contributed by atoms with Crippen LogP contribution >= 0.6 is 23.2 Å². The third-order valence-corrected chi connectivity index (χ3v) is 5.24. The first kappa shape index (κ1) is 21.1. The van der Waals surface area contributed by atoms with Crippen molar-refractivity contribution >= 4 is 38.9 Å². The van der Waals surface area contributed by atoms with E-state index in [1.54, 1.807) is 0 Å². The monoisotopic (exact) mass is 458 g/mol. The third-order valence-electron chi connectivity index (χ3n) is 3.11. The van der Waals surface area contributed by atoms with E-state index in [2.05, 4.69) is 5.10 Å². The van der Waals surface area contributed by atoms with Gasteiger partial charge >= 0.3 is 11.7 Å². The summed E-state index contributed by atoms with van der Waals surface area (Å²) in [6.07, 6.45) is -4.84. The van der Waals surface area contributed by atoms with Crippen LogP contribution in [0.5, 0.6) is 0 Å². The van der Waals surface area contributed by atoms with E-state index in [4.69, 9.17) is 34.2 Å². The molecule has 27 heavy (non-hydrogen) atoms. The van der Waals surface area contributed by atoms with Gasteiger partial charge in [-0.3, -0.25) is 0 Å². The molecule has 0 bridgehead atoms. The molecule has 0 spiro atoms. The van der Waals surface area contributed by atoms with Crippen molar-refractivity contribution in [2.45, 2.75) is 16.6 Å². The largest absolute Gasteiger partial charge is 0.502 e. The van der Waals surface area contributed by atoms with E-state index in [0.29, 0.717) is 12.1 Å². The maximum Gasteiger partial charge on any atom is 0.502 e. The van der Waals surface area contributed by atoms with Gasteiger partial charge in [0, 0.05) is 0 Å². The SMILES string of the molecule is [15N]#[13C][13c]1nn(-c2c(Cl)cc(C(F)(F)F)cc2Cl)[13c]([15NH2])[13c]1S(=O)(=O)C(F)(F)F. The van der Waals surface area contributed by atoms with Crippen LogP contribution in [0, 0.1) is 11.3 Å². The van der Waals surface area contributed by atoms with Crippen LogP contribution in [0.1, 0.15) is 11.3 Å². The number of anilines is 1. The van der Waals surface area contributed by atoms with Crippen molar-refractivity contribution in [1.29, 1.82) is 5.26 Å². The molecule has 2 rings (SSSR count). The van der Waals surface area contributed by atoms with Crippen LogP contribution in [0.25, 0.3) is 5.69 Å². The van der Waals surface area contributed by atoms with Crippen molar-refractivity contribution in [2.75, 3.05) is 5.73 Å². The van der Waals surface area contributed by atoms with Gasteiger partial charge in [-0.05, 0) is 12.1 Å². The van der Waals surface area contributed by atoms with Crippen LogP contribution in [0.4, 0.5) is 32.2 Å². The number of halogens is 8. The summed E-state index contributed by atoms with van der Waals surface area (Å²) in [6.45, 7) is 0. The lowest BCUT2D eigenvalue weighted by Gasteiger charge is -2.13. The predicted octanol–water partition coefficient (Wildman–Crippen LogP) is 3.95. The standard InChI is InChI=1S/C12H4Cl2F6N4O2S/c13-5-1-4(11(15,16)17)2-6(14)8(5)24-10(22)9(7(3-21)23-24)27(25,26)12(18,19)20/h1-2H,22H2/i3+1,7+1,9+1,10+1,21+1,22+1. The molecular formula is C12H4Cl2F6N4O2S. The van der Waals surface area contributed by atoms with Gasteiger partial charge in [-0.15, -0.1) is 0 Å². The molecule has 1 aromatic heterocycles. The van der Waals surface area contributed by atoms with Crippen molar-refractivity contribution < 1.29 is 34.8 Å². The Balaban J connectivity index is 2.83. The molecule has 0 aliphatic heterocycles. The molecule has 0 radical (unpaired) electrons. The lowest BCUT2D eigenvalue weighted by molar-refractivity contribution is -0.137. The second-order valence-electron chi connectivity index (χ2n) is 4.82. The van der Waals surface area contributed by atoms with Crippen LogP contribution in [-0.4, -0.2) is 23.7 Å². The van der Waals surface area contributed by atoms with Gasteiger partial charge in [0.1, 0.15) is 17.6 Å². The molecule has 0 atom stereocenters. The van der Waals surface area contributed by atoms with E-state index < -0.39 is 59.2 Å². The summed E-state index contributed by atoms with van der Waals surface area (Å²) in [7, 11) is -6.09. The quantitative estimate of drug-likeness (QED) is 0.417. The van der Waals surface area contributed by atoms with Crippen molar-refractivity contribution in [1.82, 2.24) is 9.78 Å². The fourth-order valence-corrected chi connectivity index (χ4v) is 3.55. The Bertz CT molecular complexity index is 1050. The van der Waals surface area contributed by atoms with Crippen LogP contribution < -0.4 is 5.73 Å². The molecular weight excluding hydrogens is 455 g/mol. The molecule has 0 unspecified atom stereocenters. The summed E-state index contributed by atoms with van der Waals surface area (Å²) < 4.78 is 100. The van der Waals surface area contributed by atoms with Gasteiger partial charge in [0.05, 0.1) is 15.6 Å². The van der Waals surface area contributed by atoms with Crippen molar-refractivity contribution in [3.63, 3.8) is 0 Å². The molecule has 0 saturated heterocycles. The number of nitrogens with two attached hydrogens (primary N) is 1. The summed E-state index contributed by atoms with van der Waals surface area (Å²) in [5, 5.41) is 10.7. The number of sulfone groups is 1. The molecule has 1 aromatic carbocycles. The Hall–Kier alpha value is -2.17. The molecule has 6 nitrogen and oxygen atoms in total. The van der Waals surface area contributed by atoms with Gasteiger partial charge in [0.25, 0.3) is 9.84 Å². The predicted molar refractivity (Wildman–Crippen MR) is 81.0 cm³/mol. The molecule has 0 fully saturated rings. The highest BCUT2D eigenvalue weighted by atomic mass is 35.5. The molecule has 0 amide bonds. The number of alkyl halides is 6. The minimum atomic E-state index is -6.09. The first-order valence-corrected chi connectivity index (χ1v) is 8.53. The van der Waals surface area contributed by atoms with E-state index in [1.165, 1.54) is 0 Å². The van der Waals surface area contributed by atoms with Gasteiger partial charge in [0.15, 0.2) is 10.6 Å². The molecule has 0 aliphatic rings. The van der Waals surface area contributed by atoms with E-state index in [1.807, 2.05) is 0 Å². The maximum absolute atomic E-state index is 12.8. The number of aromatic nitrogens is 2. The molecule has 2 N–H and O–H groups in total. The number of nitrogen functional groups attached to an aromatic ring is 1. The number of hydrogen-bond donors (Lipinski definition) is 1. The summed E-state index contributed by atoms with van der Waals surface area (Å²) in [5.41, 5.74) is -3.58. The zero-order chi connectivity index (χ0) is 20.9. The zero-order valence-corrected chi connectivity index (χ0v) is 14.7.